The van der Waals surface area contributed by atoms with E-state index in [0.29, 0.717) is 13.0 Å². The van der Waals surface area contributed by atoms with Crippen LogP contribution in [0, 0.1) is 0 Å². The first-order valence-electron chi connectivity index (χ1n) is 7.54. The zero-order valence-corrected chi connectivity index (χ0v) is 13.9. The van der Waals surface area contributed by atoms with Crippen molar-refractivity contribution < 1.29 is 19.4 Å². The molecule has 0 spiro atoms. The molecule has 0 aliphatic rings. The Bertz CT molecular complexity index is 694. The number of amides is 1. The molecule has 0 aliphatic carbocycles. The molecule has 5 nitrogen and oxygen atoms in total. The van der Waals surface area contributed by atoms with Gasteiger partial charge in [-0.2, -0.15) is 0 Å². The third-order valence-corrected chi connectivity index (χ3v) is 4.06. The lowest BCUT2D eigenvalue weighted by Crippen LogP contribution is -2.24. The van der Waals surface area contributed by atoms with Crippen LogP contribution < -0.4 is 5.32 Å². The van der Waals surface area contributed by atoms with Gasteiger partial charge in [0.15, 0.2) is 0 Å². The molecule has 0 bridgehead atoms. The van der Waals surface area contributed by atoms with Crippen molar-refractivity contribution in [2.24, 2.45) is 0 Å². The lowest BCUT2D eigenvalue weighted by Gasteiger charge is -2.05. The Morgan fingerprint density at radius 3 is 2.79 bits per heavy atom. The molecule has 126 valence electrons. The number of thiophene rings is 1. The van der Waals surface area contributed by atoms with Gasteiger partial charge in [0.1, 0.15) is 6.61 Å². The molecule has 2 N–H and O–H groups in total. The smallest absolute Gasteiger partial charge is 0.407 e. The van der Waals surface area contributed by atoms with Gasteiger partial charge in [-0.1, -0.05) is 42.5 Å². The first kappa shape index (κ1) is 17.7. The minimum absolute atomic E-state index is 0.0489. The van der Waals surface area contributed by atoms with Gasteiger partial charge in [0.2, 0.25) is 0 Å². The van der Waals surface area contributed by atoms with Gasteiger partial charge in [-0.15, -0.1) is 11.3 Å². The molecule has 2 aromatic rings. The summed E-state index contributed by atoms with van der Waals surface area (Å²) in [5, 5.41) is 13.3. The molecule has 0 radical (unpaired) electrons. The number of ether oxygens (including phenoxy) is 1. The molecule has 1 aromatic carbocycles. The first-order valence-corrected chi connectivity index (χ1v) is 8.42. The number of carboxylic acids is 1. The second-order valence-corrected chi connectivity index (χ2v) is 6.09. The van der Waals surface area contributed by atoms with Gasteiger partial charge in [0.25, 0.3) is 0 Å². The van der Waals surface area contributed by atoms with Gasteiger partial charge in [-0.05, 0) is 29.0 Å². The molecular formula is C18H19NO4S. The number of rotatable bonds is 8. The lowest BCUT2D eigenvalue weighted by atomic mass is 10.2. The molecule has 24 heavy (non-hydrogen) atoms. The van der Waals surface area contributed by atoms with E-state index in [1.807, 2.05) is 53.9 Å². The summed E-state index contributed by atoms with van der Waals surface area (Å²) in [5.74, 6) is -0.828. The van der Waals surface area contributed by atoms with Crippen molar-refractivity contribution in [2.45, 2.75) is 19.4 Å². The minimum atomic E-state index is -0.828. The molecule has 1 heterocycles. The van der Waals surface area contributed by atoms with Gasteiger partial charge >= 0.3 is 12.1 Å². The maximum atomic E-state index is 11.5. The van der Waals surface area contributed by atoms with E-state index in [1.165, 1.54) is 11.3 Å². The Morgan fingerprint density at radius 2 is 2.04 bits per heavy atom. The van der Waals surface area contributed by atoms with E-state index in [1.54, 1.807) is 0 Å². The summed E-state index contributed by atoms with van der Waals surface area (Å²) in [6.07, 6.45) is 4.13. The number of hydrogen-bond donors (Lipinski definition) is 2. The Labute approximate surface area is 144 Å². The first-order chi connectivity index (χ1) is 11.6. The van der Waals surface area contributed by atoms with Crippen molar-refractivity contribution in [3.8, 4) is 0 Å². The predicted molar refractivity (Wildman–Crippen MR) is 93.9 cm³/mol. The summed E-state index contributed by atoms with van der Waals surface area (Å²) in [4.78, 5) is 23.0. The molecule has 1 amide bonds. The van der Waals surface area contributed by atoms with Crippen molar-refractivity contribution in [1.29, 1.82) is 0 Å². The lowest BCUT2D eigenvalue weighted by molar-refractivity contribution is -0.136. The standard InChI is InChI=1S/C18H19NO4S/c20-17(21)11-16-10-15(13-24-16)8-4-5-9-19-18(22)23-12-14-6-2-1-3-7-14/h1-4,6-8,10,13H,5,9,11-12H2,(H,19,22)(H,20,21). The number of benzene rings is 1. The zero-order chi connectivity index (χ0) is 17.2. The Morgan fingerprint density at radius 1 is 1.25 bits per heavy atom. The summed E-state index contributed by atoms with van der Waals surface area (Å²) in [5.41, 5.74) is 1.92. The maximum absolute atomic E-state index is 11.5. The molecule has 0 fully saturated rings. The highest BCUT2D eigenvalue weighted by Crippen LogP contribution is 2.16. The van der Waals surface area contributed by atoms with Crippen LogP contribution in [0.5, 0.6) is 0 Å². The predicted octanol–water partition coefficient (Wildman–Crippen LogP) is 3.70. The topological polar surface area (TPSA) is 75.6 Å². The molecule has 2 rings (SSSR count). The molecule has 0 unspecified atom stereocenters. The van der Waals surface area contributed by atoms with Crippen LogP contribution in [0.3, 0.4) is 0 Å². The number of hydrogen-bond acceptors (Lipinski definition) is 4. The van der Waals surface area contributed by atoms with Crippen LogP contribution in [0.1, 0.15) is 22.4 Å². The SMILES string of the molecule is O=C(O)Cc1cc(C=CCCNC(=O)OCc2ccccc2)cs1. The van der Waals surface area contributed by atoms with Gasteiger partial charge in [0, 0.05) is 11.4 Å². The zero-order valence-electron chi connectivity index (χ0n) is 13.1. The second-order valence-electron chi connectivity index (χ2n) is 5.10. The normalized spacial score (nSPS) is 10.7. The number of nitrogens with one attached hydrogen (secondary N) is 1. The van der Waals surface area contributed by atoms with Crippen molar-refractivity contribution in [1.82, 2.24) is 5.32 Å². The van der Waals surface area contributed by atoms with Gasteiger partial charge in [-0.25, -0.2) is 4.79 Å². The quantitative estimate of drug-likeness (QED) is 0.715. The largest absolute Gasteiger partial charge is 0.481 e. The number of alkyl carbamates (subject to hydrolysis) is 1. The fourth-order valence-corrected chi connectivity index (χ4v) is 2.82. The molecule has 6 heteroatoms. The van der Waals surface area contributed by atoms with Gasteiger partial charge in [-0.3, -0.25) is 4.79 Å². The molecular weight excluding hydrogens is 326 g/mol. The van der Waals surface area contributed by atoms with Crippen LogP contribution >= 0.6 is 11.3 Å². The summed E-state index contributed by atoms with van der Waals surface area (Å²) in [6.45, 7) is 0.736. The van der Waals surface area contributed by atoms with Crippen LogP contribution in [0.4, 0.5) is 4.79 Å². The summed E-state index contributed by atoms with van der Waals surface area (Å²) >= 11 is 1.43. The van der Waals surface area contributed by atoms with E-state index in [9.17, 15) is 9.59 Å². The van der Waals surface area contributed by atoms with Crippen molar-refractivity contribution in [3.63, 3.8) is 0 Å². The number of carbonyl (C=O) groups excluding carboxylic acids is 1. The van der Waals surface area contributed by atoms with Crippen molar-refractivity contribution >= 4 is 29.5 Å². The van der Waals surface area contributed by atoms with E-state index in [-0.39, 0.29) is 13.0 Å². The Hall–Kier alpha value is -2.60. The average Bonchev–Trinajstić information content (AvgIpc) is 3.00. The van der Waals surface area contributed by atoms with Crippen LogP contribution in [-0.4, -0.2) is 23.7 Å². The fourth-order valence-electron chi connectivity index (χ4n) is 1.98. The van der Waals surface area contributed by atoms with Crippen LogP contribution in [-0.2, 0) is 22.6 Å². The average molecular weight is 345 g/mol. The van der Waals surface area contributed by atoms with E-state index < -0.39 is 12.1 Å². The second kappa shape index (κ2) is 9.52. The number of carboxylic acid groups (broad SMARTS) is 1. The van der Waals surface area contributed by atoms with Crippen LogP contribution in [0.25, 0.3) is 6.08 Å². The molecule has 1 aromatic heterocycles. The highest BCUT2D eigenvalue weighted by molar-refractivity contribution is 7.10. The van der Waals surface area contributed by atoms with E-state index >= 15 is 0 Å². The van der Waals surface area contributed by atoms with Crippen molar-refractivity contribution in [2.75, 3.05) is 6.54 Å². The highest BCUT2D eigenvalue weighted by atomic mass is 32.1. The molecule has 0 saturated carbocycles. The highest BCUT2D eigenvalue weighted by Gasteiger charge is 2.03. The van der Waals surface area contributed by atoms with E-state index in [4.69, 9.17) is 9.84 Å². The Balaban J connectivity index is 1.62. The van der Waals surface area contributed by atoms with E-state index in [0.717, 1.165) is 16.0 Å². The van der Waals surface area contributed by atoms with E-state index in [2.05, 4.69) is 5.32 Å². The monoisotopic (exact) mass is 345 g/mol. The maximum Gasteiger partial charge on any atom is 0.407 e. The minimum Gasteiger partial charge on any atom is -0.481 e. The summed E-state index contributed by atoms with van der Waals surface area (Å²) in [7, 11) is 0. The van der Waals surface area contributed by atoms with Crippen LogP contribution in [0.15, 0.2) is 47.9 Å². The third kappa shape index (κ3) is 6.66. The third-order valence-electron chi connectivity index (χ3n) is 3.10. The molecule has 0 atom stereocenters. The summed E-state index contributed by atoms with van der Waals surface area (Å²) in [6, 6.07) is 11.4. The van der Waals surface area contributed by atoms with Gasteiger partial charge in [0.05, 0.1) is 6.42 Å². The molecule has 0 saturated heterocycles. The van der Waals surface area contributed by atoms with Crippen molar-refractivity contribution in [3.05, 3.63) is 63.9 Å². The van der Waals surface area contributed by atoms with Crippen LogP contribution in [0.2, 0.25) is 0 Å². The van der Waals surface area contributed by atoms with Gasteiger partial charge < -0.3 is 15.2 Å². The number of aliphatic carboxylic acids is 1. The summed E-state index contributed by atoms with van der Waals surface area (Å²) < 4.78 is 5.11. The molecule has 0 aliphatic heterocycles. The number of carbonyl (C=O) groups is 2. The Kier molecular flexibility index (Phi) is 7.04. The fraction of sp³-hybridized carbons (Fsp3) is 0.222.